The maximum atomic E-state index is 13.3. The van der Waals surface area contributed by atoms with Crippen molar-refractivity contribution < 1.29 is 18.8 Å². The number of nitrogens with zero attached hydrogens (tertiary/aromatic N) is 2. The molecule has 0 radical (unpaired) electrons. The fraction of sp³-hybridized carbons (Fsp3) is 0.348. The summed E-state index contributed by atoms with van der Waals surface area (Å²) in [6.07, 6.45) is 4.65. The molecule has 1 aliphatic carbocycles. The van der Waals surface area contributed by atoms with Gasteiger partial charge in [-0.2, -0.15) is 0 Å². The molecular weight excluding hydrogens is 385 g/mol. The van der Waals surface area contributed by atoms with E-state index in [4.69, 9.17) is 0 Å². The van der Waals surface area contributed by atoms with Crippen molar-refractivity contribution in [3.63, 3.8) is 0 Å². The van der Waals surface area contributed by atoms with Crippen LogP contribution in [0.1, 0.15) is 38.5 Å². The lowest BCUT2D eigenvalue weighted by molar-refractivity contribution is -0.125. The molecule has 1 aliphatic heterocycles. The van der Waals surface area contributed by atoms with Crippen LogP contribution in [0.3, 0.4) is 0 Å². The van der Waals surface area contributed by atoms with Gasteiger partial charge in [-0.3, -0.25) is 9.59 Å². The number of rotatable bonds is 5. The second-order valence-corrected chi connectivity index (χ2v) is 7.77. The van der Waals surface area contributed by atoms with Crippen LogP contribution in [0, 0.1) is 5.82 Å². The highest BCUT2D eigenvalue weighted by Gasteiger charge is 2.49. The van der Waals surface area contributed by atoms with E-state index in [1.54, 1.807) is 29.2 Å². The summed E-state index contributed by atoms with van der Waals surface area (Å²) in [5.41, 5.74) is 0.956. The second-order valence-electron chi connectivity index (χ2n) is 7.77. The first-order chi connectivity index (χ1) is 14.5. The Kier molecular flexibility index (Phi) is 5.79. The molecule has 7 heteroatoms. The number of carbonyl (C=O) groups excluding carboxylic acids is 3. The van der Waals surface area contributed by atoms with Crippen molar-refractivity contribution in [2.24, 2.45) is 0 Å². The molecule has 1 saturated carbocycles. The third-order valence-corrected chi connectivity index (χ3v) is 5.74. The molecule has 1 atom stereocenters. The summed E-state index contributed by atoms with van der Waals surface area (Å²) in [5.74, 6) is -1.17. The second kappa shape index (κ2) is 8.65. The minimum Gasteiger partial charge on any atom is -0.326 e. The number of hydrogen-bond acceptors (Lipinski definition) is 3. The Labute approximate surface area is 174 Å². The molecule has 1 heterocycles. The maximum absolute atomic E-state index is 13.3. The summed E-state index contributed by atoms with van der Waals surface area (Å²) in [6.45, 7) is 0. The maximum Gasteiger partial charge on any atom is 0.332 e. The largest absolute Gasteiger partial charge is 0.332 e. The van der Waals surface area contributed by atoms with E-state index in [9.17, 15) is 18.8 Å². The first-order valence-corrected chi connectivity index (χ1v) is 10.3. The zero-order valence-corrected chi connectivity index (χ0v) is 16.6. The number of carbonyl (C=O) groups is 3. The normalized spacial score (nSPS) is 20.0. The highest BCUT2D eigenvalue weighted by Crippen LogP contribution is 2.33. The van der Waals surface area contributed by atoms with Crippen LogP contribution < -0.4 is 10.2 Å². The van der Waals surface area contributed by atoms with Gasteiger partial charge >= 0.3 is 6.03 Å². The Morgan fingerprint density at radius 2 is 1.63 bits per heavy atom. The summed E-state index contributed by atoms with van der Waals surface area (Å²) in [5, 5.41) is 2.70. The lowest BCUT2D eigenvalue weighted by Gasteiger charge is -2.33. The molecule has 1 unspecified atom stereocenters. The van der Waals surface area contributed by atoms with Gasteiger partial charge in [0.05, 0.1) is 12.1 Å². The van der Waals surface area contributed by atoms with E-state index in [0.29, 0.717) is 11.4 Å². The zero-order valence-electron chi connectivity index (χ0n) is 16.6. The number of hydrogen-bond donors (Lipinski definition) is 1. The van der Waals surface area contributed by atoms with Gasteiger partial charge in [-0.05, 0) is 49.2 Å². The standard InChI is InChI=1S/C23H24FN3O3/c24-16-11-13-17(14-12-16)25-21(28)15-20-22(29)27(19-9-5-2-6-10-19)23(30)26(20)18-7-3-1-4-8-18/h2,5-6,9-14,18,20H,1,3-4,7-8,15H2,(H,25,28). The lowest BCUT2D eigenvalue weighted by atomic mass is 9.93. The molecule has 156 valence electrons. The molecule has 2 aliphatic rings. The number of halogens is 1. The molecule has 4 rings (SSSR count). The summed E-state index contributed by atoms with van der Waals surface area (Å²) in [4.78, 5) is 42.0. The third-order valence-electron chi connectivity index (χ3n) is 5.74. The van der Waals surface area contributed by atoms with E-state index in [1.807, 2.05) is 6.07 Å². The van der Waals surface area contributed by atoms with Crippen LogP contribution in [0.25, 0.3) is 0 Å². The molecule has 30 heavy (non-hydrogen) atoms. The number of nitrogens with one attached hydrogen (secondary N) is 1. The van der Waals surface area contributed by atoms with E-state index >= 15 is 0 Å². The molecule has 1 N–H and O–H groups in total. The quantitative estimate of drug-likeness (QED) is 0.748. The fourth-order valence-corrected chi connectivity index (χ4v) is 4.30. The lowest BCUT2D eigenvalue weighted by Crippen LogP contribution is -2.45. The van der Waals surface area contributed by atoms with Gasteiger partial charge in [0, 0.05) is 11.7 Å². The van der Waals surface area contributed by atoms with Crippen LogP contribution >= 0.6 is 0 Å². The van der Waals surface area contributed by atoms with Crippen molar-refractivity contribution in [3.05, 3.63) is 60.4 Å². The molecule has 4 amide bonds. The van der Waals surface area contributed by atoms with Gasteiger partial charge in [-0.1, -0.05) is 37.5 Å². The van der Waals surface area contributed by atoms with Gasteiger partial charge in [0.25, 0.3) is 5.91 Å². The number of benzene rings is 2. The van der Waals surface area contributed by atoms with E-state index < -0.39 is 11.9 Å². The smallest absolute Gasteiger partial charge is 0.326 e. The molecule has 2 fully saturated rings. The summed E-state index contributed by atoms with van der Waals surface area (Å²) in [7, 11) is 0. The van der Waals surface area contributed by atoms with E-state index in [2.05, 4.69) is 5.32 Å². The van der Waals surface area contributed by atoms with Crippen LogP contribution in [0.5, 0.6) is 0 Å². The van der Waals surface area contributed by atoms with Crippen molar-refractivity contribution >= 4 is 29.2 Å². The highest BCUT2D eigenvalue weighted by atomic mass is 19.1. The summed E-state index contributed by atoms with van der Waals surface area (Å²) >= 11 is 0. The number of imide groups is 1. The number of urea groups is 1. The van der Waals surface area contributed by atoms with Gasteiger partial charge in [0.15, 0.2) is 0 Å². The van der Waals surface area contributed by atoms with Gasteiger partial charge in [0.2, 0.25) is 5.91 Å². The zero-order chi connectivity index (χ0) is 21.1. The Hall–Kier alpha value is -3.22. The van der Waals surface area contributed by atoms with Gasteiger partial charge < -0.3 is 10.2 Å². The molecule has 0 bridgehead atoms. The van der Waals surface area contributed by atoms with Crippen molar-refractivity contribution in [1.29, 1.82) is 0 Å². The number of anilines is 2. The van der Waals surface area contributed by atoms with Crippen LogP contribution in [-0.2, 0) is 9.59 Å². The predicted octanol–water partition coefficient (Wildman–Crippen LogP) is 4.32. The van der Waals surface area contributed by atoms with Crippen molar-refractivity contribution in [2.45, 2.75) is 50.6 Å². The Balaban J connectivity index is 1.57. The molecule has 0 spiro atoms. The average Bonchev–Trinajstić information content (AvgIpc) is 3.00. The molecule has 2 aromatic carbocycles. The molecule has 6 nitrogen and oxygen atoms in total. The first kappa shape index (κ1) is 20.1. The monoisotopic (exact) mass is 409 g/mol. The molecule has 2 aromatic rings. The van der Waals surface area contributed by atoms with Crippen molar-refractivity contribution in [2.75, 3.05) is 10.2 Å². The van der Waals surface area contributed by atoms with Crippen LogP contribution in [0.2, 0.25) is 0 Å². The topological polar surface area (TPSA) is 69.7 Å². The van der Waals surface area contributed by atoms with Crippen molar-refractivity contribution in [1.82, 2.24) is 4.90 Å². The summed E-state index contributed by atoms with van der Waals surface area (Å²) < 4.78 is 13.1. The number of amides is 4. The molecular formula is C23H24FN3O3. The molecule has 1 saturated heterocycles. The Morgan fingerprint density at radius 1 is 0.967 bits per heavy atom. The Morgan fingerprint density at radius 3 is 2.30 bits per heavy atom. The fourth-order valence-electron chi connectivity index (χ4n) is 4.30. The highest BCUT2D eigenvalue weighted by molar-refractivity contribution is 6.22. The first-order valence-electron chi connectivity index (χ1n) is 10.3. The van der Waals surface area contributed by atoms with E-state index in [1.165, 1.54) is 29.2 Å². The Bertz CT molecular complexity index is 926. The summed E-state index contributed by atoms with van der Waals surface area (Å²) in [6, 6.07) is 13.0. The van der Waals surface area contributed by atoms with Gasteiger partial charge in [-0.15, -0.1) is 0 Å². The van der Waals surface area contributed by atoms with Crippen LogP contribution in [0.15, 0.2) is 54.6 Å². The predicted molar refractivity (Wildman–Crippen MR) is 111 cm³/mol. The molecule has 0 aromatic heterocycles. The minimum absolute atomic E-state index is 0.0486. The van der Waals surface area contributed by atoms with Crippen LogP contribution in [-0.4, -0.2) is 34.8 Å². The van der Waals surface area contributed by atoms with E-state index in [-0.39, 0.29) is 30.3 Å². The SMILES string of the molecule is O=C(CC1C(=O)N(c2ccccc2)C(=O)N1C1CCCCC1)Nc1ccc(F)cc1. The van der Waals surface area contributed by atoms with Gasteiger partial charge in [-0.25, -0.2) is 14.1 Å². The van der Waals surface area contributed by atoms with E-state index in [0.717, 1.165) is 32.1 Å². The average molecular weight is 409 g/mol. The van der Waals surface area contributed by atoms with Crippen LogP contribution in [0.4, 0.5) is 20.6 Å². The number of para-hydroxylation sites is 1. The third kappa shape index (κ3) is 4.06. The van der Waals surface area contributed by atoms with Gasteiger partial charge in [0.1, 0.15) is 11.9 Å². The van der Waals surface area contributed by atoms with Crippen molar-refractivity contribution in [3.8, 4) is 0 Å². The minimum atomic E-state index is -0.846.